The maximum atomic E-state index is 12.2. The third-order valence-corrected chi connectivity index (χ3v) is 3.33. The van der Waals surface area contributed by atoms with Crippen LogP contribution in [0.15, 0.2) is 42.5 Å². The third kappa shape index (κ3) is 2.25. The molecule has 0 spiro atoms. The highest BCUT2D eigenvalue weighted by atomic mass is 35.5. The van der Waals surface area contributed by atoms with Crippen LogP contribution in [-0.2, 0) is 4.74 Å². The van der Waals surface area contributed by atoms with Crippen molar-refractivity contribution in [1.29, 1.82) is 0 Å². The normalized spacial score (nSPS) is 16.1. The first-order valence-electron chi connectivity index (χ1n) is 6.27. The zero-order chi connectivity index (χ0) is 14.3. The van der Waals surface area contributed by atoms with E-state index in [1.165, 1.54) is 0 Å². The molecule has 0 aromatic heterocycles. The Hall–Kier alpha value is -2.00. The first-order chi connectivity index (χ1) is 9.46. The summed E-state index contributed by atoms with van der Waals surface area (Å²) < 4.78 is 11.0. The number of benzene rings is 2. The quantitative estimate of drug-likeness (QED) is 0.734. The second-order valence-electron chi connectivity index (χ2n) is 5.08. The summed E-state index contributed by atoms with van der Waals surface area (Å²) in [5.41, 5.74) is 2.13. The summed E-state index contributed by atoms with van der Waals surface area (Å²) in [7, 11) is 0. The Balaban J connectivity index is 2.15. The number of esters is 1. The van der Waals surface area contributed by atoms with Gasteiger partial charge in [0.2, 0.25) is 5.79 Å². The van der Waals surface area contributed by atoms with Gasteiger partial charge in [0.05, 0.1) is 0 Å². The summed E-state index contributed by atoms with van der Waals surface area (Å²) in [5.74, 6) is -0.775. The molecule has 0 radical (unpaired) electrons. The zero-order valence-corrected chi connectivity index (χ0v) is 11.9. The van der Waals surface area contributed by atoms with Crippen molar-refractivity contribution >= 4 is 17.6 Å². The van der Waals surface area contributed by atoms with E-state index in [1.54, 1.807) is 32.0 Å². The lowest BCUT2D eigenvalue weighted by atomic mass is 9.98. The molecular formula is C16H13ClO3. The fourth-order valence-electron chi connectivity index (χ4n) is 2.26. The Bertz CT molecular complexity index is 675. The van der Waals surface area contributed by atoms with Gasteiger partial charge in [-0.1, -0.05) is 35.9 Å². The predicted octanol–water partition coefficient (Wildman–Crippen LogP) is 4.29. The van der Waals surface area contributed by atoms with E-state index in [2.05, 4.69) is 0 Å². The molecule has 0 amide bonds. The van der Waals surface area contributed by atoms with Crippen molar-refractivity contribution in [3.05, 3.63) is 53.1 Å². The second-order valence-corrected chi connectivity index (χ2v) is 5.51. The molecule has 20 heavy (non-hydrogen) atoms. The molecule has 0 saturated heterocycles. The Morgan fingerprint density at radius 2 is 1.70 bits per heavy atom. The number of fused-ring (bicyclic) bond motifs is 1. The summed E-state index contributed by atoms with van der Waals surface area (Å²) in [6.45, 7) is 3.42. The Kier molecular flexibility index (Phi) is 2.94. The molecule has 1 aliphatic heterocycles. The minimum atomic E-state index is -0.942. The van der Waals surface area contributed by atoms with Gasteiger partial charge in [0, 0.05) is 18.9 Å². The maximum absolute atomic E-state index is 12.2. The molecule has 0 unspecified atom stereocenters. The van der Waals surface area contributed by atoms with Gasteiger partial charge in [-0.15, -0.1) is 0 Å². The summed E-state index contributed by atoms with van der Waals surface area (Å²) >= 11 is 5.89. The van der Waals surface area contributed by atoms with Gasteiger partial charge >= 0.3 is 5.97 Å². The van der Waals surface area contributed by atoms with E-state index in [4.69, 9.17) is 21.1 Å². The molecular weight excluding hydrogens is 276 g/mol. The van der Waals surface area contributed by atoms with Crippen LogP contribution < -0.4 is 4.74 Å². The first kappa shape index (κ1) is 13.0. The SMILES string of the molecule is CC1(C)OC(=O)c2c(cccc2-c2ccc(Cl)cc2)O1. The van der Waals surface area contributed by atoms with Crippen LogP contribution in [0.4, 0.5) is 0 Å². The molecule has 2 aromatic rings. The highest BCUT2D eigenvalue weighted by Gasteiger charge is 2.35. The molecule has 3 nitrogen and oxygen atoms in total. The van der Waals surface area contributed by atoms with Gasteiger partial charge in [-0.25, -0.2) is 4.79 Å². The van der Waals surface area contributed by atoms with Crippen LogP contribution in [0.3, 0.4) is 0 Å². The van der Waals surface area contributed by atoms with Crippen LogP contribution >= 0.6 is 11.6 Å². The van der Waals surface area contributed by atoms with Gasteiger partial charge in [-0.05, 0) is 29.3 Å². The van der Waals surface area contributed by atoms with E-state index < -0.39 is 5.79 Å². The molecule has 1 aliphatic rings. The molecule has 102 valence electrons. The molecule has 3 rings (SSSR count). The topological polar surface area (TPSA) is 35.5 Å². The van der Waals surface area contributed by atoms with Gasteiger partial charge in [0.1, 0.15) is 11.3 Å². The molecule has 4 heteroatoms. The average Bonchev–Trinajstić information content (AvgIpc) is 2.37. The van der Waals surface area contributed by atoms with Crippen LogP contribution in [0.1, 0.15) is 24.2 Å². The van der Waals surface area contributed by atoms with Crippen LogP contribution in [0.5, 0.6) is 5.75 Å². The molecule has 1 heterocycles. The third-order valence-electron chi connectivity index (χ3n) is 3.08. The van der Waals surface area contributed by atoms with E-state index in [0.29, 0.717) is 16.3 Å². The van der Waals surface area contributed by atoms with Gasteiger partial charge in [0.25, 0.3) is 0 Å². The van der Waals surface area contributed by atoms with Crippen molar-refractivity contribution in [3.63, 3.8) is 0 Å². The van der Waals surface area contributed by atoms with Crippen molar-refractivity contribution in [1.82, 2.24) is 0 Å². The number of cyclic esters (lactones) is 1. The molecule has 0 N–H and O–H groups in total. The number of rotatable bonds is 1. The van der Waals surface area contributed by atoms with Crippen molar-refractivity contribution in [2.24, 2.45) is 0 Å². The number of hydrogen-bond acceptors (Lipinski definition) is 3. The minimum absolute atomic E-state index is 0.373. The smallest absolute Gasteiger partial charge is 0.345 e. The Labute approximate surface area is 122 Å². The van der Waals surface area contributed by atoms with E-state index in [0.717, 1.165) is 11.1 Å². The Morgan fingerprint density at radius 3 is 2.40 bits per heavy atom. The van der Waals surface area contributed by atoms with Gasteiger partial charge in [-0.3, -0.25) is 0 Å². The zero-order valence-electron chi connectivity index (χ0n) is 11.1. The minimum Gasteiger partial charge on any atom is -0.452 e. The second kappa shape index (κ2) is 4.53. The maximum Gasteiger partial charge on any atom is 0.345 e. The van der Waals surface area contributed by atoms with E-state index in [-0.39, 0.29) is 5.97 Å². The van der Waals surface area contributed by atoms with E-state index in [1.807, 2.05) is 24.3 Å². The standard InChI is InChI=1S/C16H13ClO3/c1-16(2)19-13-5-3-4-12(14(13)15(18)20-16)10-6-8-11(17)9-7-10/h3-9H,1-2H3. The van der Waals surface area contributed by atoms with Crippen LogP contribution in [0.25, 0.3) is 11.1 Å². The monoisotopic (exact) mass is 288 g/mol. The van der Waals surface area contributed by atoms with Crippen LogP contribution in [-0.4, -0.2) is 11.8 Å². The number of hydrogen-bond donors (Lipinski definition) is 0. The number of carbonyl (C=O) groups excluding carboxylic acids is 1. The molecule has 0 atom stereocenters. The molecule has 0 saturated carbocycles. The highest BCUT2D eigenvalue weighted by molar-refractivity contribution is 6.30. The van der Waals surface area contributed by atoms with Gasteiger partial charge in [0.15, 0.2) is 0 Å². The van der Waals surface area contributed by atoms with Gasteiger partial charge in [-0.2, -0.15) is 0 Å². The molecule has 0 fully saturated rings. The summed E-state index contributed by atoms with van der Waals surface area (Å²) in [6.07, 6.45) is 0. The largest absolute Gasteiger partial charge is 0.452 e. The van der Waals surface area contributed by atoms with E-state index >= 15 is 0 Å². The molecule has 2 aromatic carbocycles. The van der Waals surface area contributed by atoms with Crippen LogP contribution in [0.2, 0.25) is 5.02 Å². The summed E-state index contributed by atoms with van der Waals surface area (Å²) in [6, 6.07) is 12.8. The summed E-state index contributed by atoms with van der Waals surface area (Å²) in [4.78, 5) is 12.2. The predicted molar refractivity (Wildman–Crippen MR) is 77.0 cm³/mol. The van der Waals surface area contributed by atoms with E-state index in [9.17, 15) is 4.79 Å². The fraction of sp³-hybridized carbons (Fsp3) is 0.188. The number of ether oxygens (including phenoxy) is 2. The first-order valence-corrected chi connectivity index (χ1v) is 6.65. The summed E-state index contributed by atoms with van der Waals surface area (Å²) in [5, 5.41) is 0.651. The van der Waals surface area contributed by atoms with Gasteiger partial charge < -0.3 is 9.47 Å². The average molecular weight is 289 g/mol. The van der Waals surface area contributed by atoms with Crippen molar-refractivity contribution in [3.8, 4) is 16.9 Å². The lowest BCUT2D eigenvalue weighted by molar-refractivity contribution is -0.127. The fourth-order valence-corrected chi connectivity index (χ4v) is 2.38. The lowest BCUT2D eigenvalue weighted by Gasteiger charge is -2.32. The molecule has 0 bridgehead atoms. The Morgan fingerprint density at radius 1 is 1.00 bits per heavy atom. The number of carbonyl (C=O) groups is 1. The number of halogens is 1. The highest BCUT2D eigenvalue weighted by Crippen LogP contribution is 2.37. The van der Waals surface area contributed by atoms with Crippen molar-refractivity contribution in [2.45, 2.75) is 19.6 Å². The van der Waals surface area contributed by atoms with Crippen molar-refractivity contribution in [2.75, 3.05) is 0 Å². The van der Waals surface area contributed by atoms with Crippen LogP contribution in [0, 0.1) is 0 Å². The molecule has 0 aliphatic carbocycles. The van der Waals surface area contributed by atoms with Crippen molar-refractivity contribution < 1.29 is 14.3 Å². The lowest BCUT2D eigenvalue weighted by Crippen LogP contribution is -2.39.